The van der Waals surface area contributed by atoms with E-state index in [1.54, 1.807) is 0 Å². The topological polar surface area (TPSA) is 115 Å². The quantitative estimate of drug-likeness (QED) is 0.291. The van der Waals surface area contributed by atoms with Crippen molar-refractivity contribution in [3.05, 3.63) is 11.8 Å². The Balaban J connectivity index is 0.00000162. The summed E-state index contributed by atoms with van der Waals surface area (Å²) in [6.07, 6.45) is -1.45. The van der Waals surface area contributed by atoms with E-state index in [0.717, 1.165) is 6.08 Å². The molecule has 0 amide bonds. The maximum Gasteiger partial charge on any atom is 1.00 e. The number of Topliss-reactive ketones (excluding diaryl/α,β-unsaturated/α-hetero) is 1. The van der Waals surface area contributed by atoms with Crippen LogP contribution in [0.25, 0.3) is 0 Å². The van der Waals surface area contributed by atoms with Crippen molar-refractivity contribution in [3.8, 4) is 0 Å². The number of nitrogens with zero attached hydrogens (tertiary/aromatic N) is 1. The minimum atomic E-state index is -4.95. The molecule has 1 saturated heterocycles. The van der Waals surface area contributed by atoms with Gasteiger partial charge >= 0.3 is 29.6 Å². The first-order chi connectivity index (χ1) is 7.70. The second-order valence-electron chi connectivity index (χ2n) is 4.23. The number of ketones is 2. The Hall–Kier alpha value is -0.250. The number of β-amino-alcohol motifs (C(OH)–C–C–N with tert-alkyl or cyclic N) is 1. The summed E-state index contributed by atoms with van der Waals surface area (Å²) in [6.45, 7) is -0.103. The van der Waals surface area contributed by atoms with E-state index < -0.39 is 39.0 Å². The summed E-state index contributed by atoms with van der Waals surface area (Å²) in [5.74, 6) is -1.82. The van der Waals surface area contributed by atoms with E-state index in [1.165, 1.54) is 11.9 Å². The third kappa shape index (κ3) is 1.97. The second-order valence-corrected chi connectivity index (χ2v) is 5.87. The number of hydrogen-bond donors (Lipinski definition) is 1. The number of carbonyl (C=O) groups is 2. The van der Waals surface area contributed by atoms with Gasteiger partial charge in [-0.15, -0.1) is 0 Å². The molecule has 0 spiro atoms. The molecule has 0 aromatic carbocycles. The number of fused-ring (bicyclic) bond motifs is 1. The maximum absolute atomic E-state index is 11.4. The number of carbonyl (C=O) groups excluding carboxylic acids is 2. The van der Waals surface area contributed by atoms with Gasteiger partial charge in [-0.25, -0.2) is 8.42 Å². The van der Waals surface area contributed by atoms with Crippen LogP contribution in [0.3, 0.4) is 0 Å². The first-order valence-electron chi connectivity index (χ1n) is 4.84. The molecule has 0 radical (unpaired) electrons. The van der Waals surface area contributed by atoms with Gasteiger partial charge in [-0.3, -0.25) is 9.59 Å². The number of allylic oxidation sites excluding steroid dienone is 1. The molecule has 1 aliphatic carbocycles. The van der Waals surface area contributed by atoms with Crippen LogP contribution in [0.2, 0.25) is 0 Å². The van der Waals surface area contributed by atoms with Crippen LogP contribution >= 0.6 is 0 Å². The van der Waals surface area contributed by atoms with E-state index in [4.69, 9.17) is 0 Å². The van der Waals surface area contributed by atoms with E-state index >= 15 is 0 Å². The van der Waals surface area contributed by atoms with Crippen LogP contribution in [-0.4, -0.2) is 59.0 Å². The van der Waals surface area contributed by atoms with Gasteiger partial charge in [-0.2, -0.15) is 0 Å². The molecule has 1 fully saturated rings. The molecule has 2 rings (SSSR count). The first-order valence-corrected chi connectivity index (χ1v) is 6.25. The fraction of sp³-hybridized carbons (Fsp3) is 0.556. The third-order valence-electron chi connectivity index (χ3n) is 3.24. The van der Waals surface area contributed by atoms with Gasteiger partial charge in [0.25, 0.3) is 0 Å². The standard InChI is InChI=1S/C9H11NO6S.Na/c1-10-4-8(13)9(17(14,15)16)3-6(12)5(11)2-7(9)10;/h2,8,13H,3-4H2,1H3,(H,14,15,16);/q;+1/p-1. The summed E-state index contributed by atoms with van der Waals surface area (Å²) >= 11 is 0. The van der Waals surface area contributed by atoms with Crippen LogP contribution in [-0.2, 0) is 19.7 Å². The van der Waals surface area contributed by atoms with Crippen molar-refractivity contribution in [2.75, 3.05) is 13.6 Å². The van der Waals surface area contributed by atoms with E-state index in [9.17, 15) is 27.7 Å². The maximum atomic E-state index is 11.4. The summed E-state index contributed by atoms with van der Waals surface area (Å²) in [7, 11) is -3.50. The van der Waals surface area contributed by atoms with Gasteiger partial charge in [-0.1, -0.05) is 0 Å². The van der Waals surface area contributed by atoms with Crippen LogP contribution in [0, 0.1) is 0 Å². The van der Waals surface area contributed by atoms with Crippen molar-refractivity contribution in [3.63, 3.8) is 0 Å². The first kappa shape index (κ1) is 15.8. The monoisotopic (exact) mass is 283 g/mol. The van der Waals surface area contributed by atoms with Gasteiger partial charge in [0.15, 0.2) is 0 Å². The second kappa shape index (κ2) is 4.69. The van der Waals surface area contributed by atoms with E-state index in [0.29, 0.717) is 0 Å². The Morgan fingerprint density at radius 3 is 2.56 bits per heavy atom. The molecule has 18 heavy (non-hydrogen) atoms. The van der Waals surface area contributed by atoms with Crippen molar-refractivity contribution in [1.29, 1.82) is 0 Å². The molecule has 0 aromatic rings. The van der Waals surface area contributed by atoms with E-state index in [-0.39, 0.29) is 41.8 Å². The van der Waals surface area contributed by atoms with E-state index in [2.05, 4.69) is 0 Å². The van der Waals surface area contributed by atoms with Crippen molar-refractivity contribution < 1.29 is 57.2 Å². The number of likely N-dealkylation sites (N-methyl/N-ethyl adjacent to an activating group) is 1. The molecule has 1 N–H and O–H groups in total. The van der Waals surface area contributed by atoms with Crippen LogP contribution < -0.4 is 29.6 Å². The smallest absolute Gasteiger partial charge is 0.747 e. The van der Waals surface area contributed by atoms with Crippen LogP contribution in [0.15, 0.2) is 11.8 Å². The molecular weight excluding hydrogens is 273 g/mol. The molecule has 2 aliphatic rings. The van der Waals surface area contributed by atoms with Gasteiger partial charge in [-0.05, 0) is 0 Å². The number of likely N-dealkylation sites (tertiary alicyclic amines) is 1. The average molecular weight is 283 g/mol. The summed E-state index contributed by atoms with van der Waals surface area (Å²) in [5.41, 5.74) is -0.0930. The number of rotatable bonds is 1. The Labute approximate surface area is 126 Å². The fourth-order valence-corrected chi connectivity index (χ4v) is 3.54. The molecular formula is C9H10NNaO6S. The Morgan fingerprint density at radius 1 is 1.50 bits per heavy atom. The van der Waals surface area contributed by atoms with Crippen LogP contribution in [0.1, 0.15) is 6.42 Å². The van der Waals surface area contributed by atoms with Gasteiger partial charge < -0.3 is 14.6 Å². The normalized spacial score (nSPS) is 31.8. The third-order valence-corrected chi connectivity index (χ3v) is 4.76. The predicted octanol–water partition coefficient (Wildman–Crippen LogP) is -4.99. The molecule has 1 heterocycles. The molecule has 94 valence electrons. The van der Waals surface area contributed by atoms with Gasteiger partial charge in [0, 0.05) is 31.8 Å². The van der Waals surface area contributed by atoms with Gasteiger partial charge in [0.05, 0.1) is 6.10 Å². The van der Waals surface area contributed by atoms with Crippen molar-refractivity contribution in [2.24, 2.45) is 0 Å². The summed E-state index contributed by atoms with van der Waals surface area (Å²) < 4.78 is 31.9. The van der Waals surface area contributed by atoms with Crippen molar-refractivity contribution in [1.82, 2.24) is 4.90 Å². The Morgan fingerprint density at radius 2 is 2.06 bits per heavy atom. The minimum absolute atomic E-state index is 0. The number of aliphatic hydroxyl groups excluding tert-OH is 1. The average Bonchev–Trinajstić information content (AvgIpc) is 2.41. The molecule has 0 saturated carbocycles. The largest absolute Gasteiger partial charge is 1.00 e. The molecule has 2 unspecified atom stereocenters. The molecule has 0 aromatic heterocycles. The van der Waals surface area contributed by atoms with Crippen LogP contribution in [0.4, 0.5) is 0 Å². The SMILES string of the molecule is CN1CC(O)C2(S(=O)(=O)[O-])CC(=O)C(=O)C=C12.[Na+]. The molecule has 7 nitrogen and oxygen atoms in total. The van der Waals surface area contributed by atoms with Crippen molar-refractivity contribution in [2.45, 2.75) is 17.3 Å². The zero-order valence-electron chi connectivity index (χ0n) is 9.91. The zero-order chi connectivity index (χ0) is 13.0. The predicted molar refractivity (Wildman–Crippen MR) is 53.8 cm³/mol. The Kier molecular flexibility index (Phi) is 4.12. The van der Waals surface area contributed by atoms with Gasteiger partial charge in [0.2, 0.25) is 11.6 Å². The molecule has 2 atom stereocenters. The van der Waals surface area contributed by atoms with E-state index in [1.807, 2.05) is 0 Å². The molecule has 9 heteroatoms. The fourth-order valence-electron chi connectivity index (χ4n) is 2.35. The minimum Gasteiger partial charge on any atom is -0.747 e. The zero-order valence-corrected chi connectivity index (χ0v) is 12.7. The number of hydrogen-bond acceptors (Lipinski definition) is 7. The summed E-state index contributed by atoms with van der Waals surface area (Å²) in [4.78, 5) is 23.9. The number of aliphatic hydroxyl groups is 1. The Bertz CT molecular complexity index is 541. The van der Waals surface area contributed by atoms with Gasteiger partial charge in [0.1, 0.15) is 14.9 Å². The summed E-state index contributed by atoms with van der Waals surface area (Å²) in [5, 5.41) is 9.76. The van der Waals surface area contributed by atoms with Crippen LogP contribution in [0.5, 0.6) is 0 Å². The summed E-state index contributed by atoms with van der Waals surface area (Å²) in [6, 6.07) is 0. The molecule has 1 aliphatic heterocycles. The molecule has 0 bridgehead atoms. The van der Waals surface area contributed by atoms with Crippen molar-refractivity contribution >= 4 is 21.7 Å².